The average molecular weight is 504 g/mol. The minimum Gasteiger partial charge on any atom is -0.355 e. The Morgan fingerprint density at radius 1 is 0.917 bits per heavy atom. The molecular formula is C23H37BN6O6. The molecule has 0 aromatic carbocycles. The van der Waals surface area contributed by atoms with Crippen molar-refractivity contribution in [1.82, 2.24) is 26.2 Å². The summed E-state index contributed by atoms with van der Waals surface area (Å²) in [6.07, 6.45) is 5.26. The third kappa shape index (κ3) is 11.4. The summed E-state index contributed by atoms with van der Waals surface area (Å²) >= 11 is 0. The quantitative estimate of drug-likeness (QED) is 0.0987. The second kappa shape index (κ2) is 16.3. The molecule has 0 spiro atoms. The van der Waals surface area contributed by atoms with Gasteiger partial charge in [0.25, 0.3) is 11.8 Å². The Morgan fingerprint density at radius 2 is 1.58 bits per heavy atom. The van der Waals surface area contributed by atoms with Gasteiger partial charge in [0.05, 0.1) is 7.85 Å². The highest BCUT2D eigenvalue weighted by Crippen LogP contribution is 2.09. The van der Waals surface area contributed by atoms with Crippen molar-refractivity contribution in [1.29, 1.82) is 0 Å². The summed E-state index contributed by atoms with van der Waals surface area (Å²) in [4.78, 5) is 73.0. The van der Waals surface area contributed by atoms with Crippen LogP contribution in [-0.2, 0) is 24.0 Å². The number of carbonyl (C=O) groups is 6. The zero-order chi connectivity index (χ0) is 27.1. The van der Waals surface area contributed by atoms with Crippen LogP contribution in [0.4, 0.5) is 4.79 Å². The van der Waals surface area contributed by atoms with Gasteiger partial charge in [0, 0.05) is 38.2 Å². The molecule has 0 bridgehead atoms. The van der Waals surface area contributed by atoms with E-state index in [9.17, 15) is 28.8 Å². The first-order valence-corrected chi connectivity index (χ1v) is 12.2. The van der Waals surface area contributed by atoms with E-state index in [1.807, 2.05) is 0 Å². The van der Waals surface area contributed by atoms with Gasteiger partial charge in [-0.3, -0.25) is 28.9 Å². The molecule has 198 valence electrons. The maximum absolute atomic E-state index is 12.9. The molecule has 1 unspecified atom stereocenters. The number of rotatable bonds is 17. The molecule has 0 aliphatic carbocycles. The second-order valence-electron chi connectivity index (χ2n) is 8.84. The Morgan fingerprint density at radius 3 is 2.17 bits per heavy atom. The molecular weight excluding hydrogens is 467 g/mol. The predicted octanol–water partition coefficient (Wildman–Crippen LogP) is -0.751. The lowest BCUT2D eigenvalue weighted by Crippen LogP contribution is -2.55. The number of hydrogen-bond acceptors (Lipinski definition) is 6. The number of urea groups is 1. The van der Waals surface area contributed by atoms with E-state index in [1.165, 1.54) is 12.2 Å². The highest BCUT2D eigenvalue weighted by Gasteiger charge is 2.28. The Bertz CT molecular complexity index is 816. The molecule has 0 saturated heterocycles. The number of hydrogen-bond donors (Lipinski definition) is 5. The molecule has 6 N–H and O–H groups in total. The van der Waals surface area contributed by atoms with Crippen molar-refractivity contribution in [3.63, 3.8) is 0 Å². The average Bonchev–Trinajstić information content (AvgIpc) is 3.14. The van der Waals surface area contributed by atoms with Crippen LogP contribution in [0.3, 0.4) is 0 Å². The van der Waals surface area contributed by atoms with Crippen LogP contribution >= 0.6 is 0 Å². The summed E-state index contributed by atoms with van der Waals surface area (Å²) in [6.45, 7) is 4.34. The molecule has 7 amide bonds. The number of unbranched alkanes of at least 4 members (excludes halogenated alkanes) is 2. The molecule has 2 radical (unpaired) electrons. The molecule has 13 heteroatoms. The molecule has 36 heavy (non-hydrogen) atoms. The summed E-state index contributed by atoms with van der Waals surface area (Å²) in [6, 6.07) is -2.40. The summed E-state index contributed by atoms with van der Waals surface area (Å²) in [5.41, 5.74) is 5.04. The van der Waals surface area contributed by atoms with Gasteiger partial charge in [-0.1, -0.05) is 26.6 Å². The van der Waals surface area contributed by atoms with Crippen molar-refractivity contribution >= 4 is 43.4 Å². The summed E-state index contributed by atoms with van der Waals surface area (Å²) in [5.74, 6) is -2.11. The molecule has 1 aliphatic rings. The molecule has 0 aromatic heterocycles. The number of nitrogens with two attached hydrogens (primary N) is 1. The van der Waals surface area contributed by atoms with Crippen molar-refractivity contribution in [3.05, 3.63) is 12.2 Å². The number of carbonyl (C=O) groups excluding carboxylic acids is 6. The number of imide groups is 1. The van der Waals surface area contributed by atoms with Gasteiger partial charge in [0.15, 0.2) is 0 Å². The lowest BCUT2D eigenvalue weighted by molar-refractivity contribution is -0.137. The molecule has 1 rings (SSSR count). The Balaban J connectivity index is 2.54. The van der Waals surface area contributed by atoms with Gasteiger partial charge in [-0.05, 0) is 31.6 Å². The van der Waals surface area contributed by atoms with E-state index in [4.69, 9.17) is 13.6 Å². The van der Waals surface area contributed by atoms with Crippen LogP contribution in [0.5, 0.6) is 0 Å². The predicted molar refractivity (Wildman–Crippen MR) is 133 cm³/mol. The molecule has 2 atom stereocenters. The smallest absolute Gasteiger partial charge is 0.312 e. The lowest BCUT2D eigenvalue weighted by Gasteiger charge is -2.25. The number of nitrogens with zero attached hydrogens (tertiary/aromatic N) is 1. The fourth-order valence-corrected chi connectivity index (χ4v) is 3.53. The van der Waals surface area contributed by atoms with Gasteiger partial charge in [-0.2, -0.15) is 0 Å². The van der Waals surface area contributed by atoms with E-state index in [-0.39, 0.29) is 55.9 Å². The highest BCUT2D eigenvalue weighted by atomic mass is 16.2. The first-order valence-electron chi connectivity index (χ1n) is 12.2. The minimum absolute atomic E-state index is 0.176. The fourth-order valence-electron chi connectivity index (χ4n) is 3.53. The number of nitrogens with one attached hydrogen (secondary N) is 4. The maximum atomic E-state index is 12.9. The zero-order valence-electron chi connectivity index (χ0n) is 21.0. The summed E-state index contributed by atoms with van der Waals surface area (Å²) in [7, 11) is 5.43. The van der Waals surface area contributed by atoms with E-state index >= 15 is 0 Å². The first-order chi connectivity index (χ1) is 17.1. The topological polar surface area (TPSA) is 180 Å². The lowest BCUT2D eigenvalue weighted by atomic mass is 10.0. The number of primary amides is 1. The van der Waals surface area contributed by atoms with E-state index in [0.29, 0.717) is 32.2 Å². The largest absolute Gasteiger partial charge is 0.355 e. The van der Waals surface area contributed by atoms with Crippen LogP contribution in [0.15, 0.2) is 12.2 Å². The Kier molecular flexibility index (Phi) is 13.9. The van der Waals surface area contributed by atoms with Gasteiger partial charge < -0.3 is 27.0 Å². The fraction of sp³-hybridized carbons (Fsp3) is 0.652. The van der Waals surface area contributed by atoms with E-state index in [0.717, 1.165) is 4.90 Å². The van der Waals surface area contributed by atoms with Crippen LogP contribution in [0.2, 0.25) is 6.32 Å². The van der Waals surface area contributed by atoms with E-state index in [1.54, 1.807) is 13.8 Å². The third-order valence-corrected chi connectivity index (χ3v) is 5.50. The SMILES string of the molecule is [B]CCNC(=O)[C@H](CCCNC(N)=O)NC(=O)C(NC(=O)CCCCCN1C(=O)C=CC1=O)C(C)C. The molecule has 12 nitrogen and oxygen atoms in total. The van der Waals surface area contributed by atoms with Gasteiger partial charge in [0.1, 0.15) is 12.1 Å². The standard InChI is InChI=1S/C23H37BN6O6/c1-15(2)20(29-17(31)8-4-3-5-14-30-18(32)9-10-19(30)33)22(35)28-16(21(34)26-13-11-24)7-6-12-27-23(25)36/h9-10,15-16,20H,3-8,11-14H2,1-2H3,(H,26,34)(H,28,35)(H,29,31)(H3,25,27,36)/t16-,20?/m0/s1. The third-order valence-electron chi connectivity index (χ3n) is 5.50. The zero-order valence-corrected chi connectivity index (χ0v) is 21.0. The molecule has 0 aromatic rings. The highest BCUT2D eigenvalue weighted by molar-refractivity contribution is 6.12. The van der Waals surface area contributed by atoms with Crippen molar-refractivity contribution in [2.24, 2.45) is 11.7 Å². The van der Waals surface area contributed by atoms with Gasteiger partial charge >= 0.3 is 6.03 Å². The molecule has 1 aliphatic heterocycles. The van der Waals surface area contributed by atoms with Crippen LogP contribution in [0.1, 0.15) is 52.4 Å². The van der Waals surface area contributed by atoms with Crippen LogP contribution in [-0.4, -0.2) is 80.0 Å². The van der Waals surface area contributed by atoms with Gasteiger partial charge in [-0.25, -0.2) is 4.79 Å². The monoisotopic (exact) mass is 504 g/mol. The van der Waals surface area contributed by atoms with Crippen LogP contribution in [0, 0.1) is 5.92 Å². The molecule has 0 saturated carbocycles. The van der Waals surface area contributed by atoms with Crippen molar-refractivity contribution in [3.8, 4) is 0 Å². The molecule has 0 fully saturated rings. The van der Waals surface area contributed by atoms with E-state index in [2.05, 4.69) is 21.3 Å². The minimum atomic E-state index is -0.873. The van der Waals surface area contributed by atoms with Crippen molar-refractivity contribution in [2.75, 3.05) is 19.6 Å². The van der Waals surface area contributed by atoms with Crippen LogP contribution in [0.25, 0.3) is 0 Å². The maximum Gasteiger partial charge on any atom is 0.312 e. The summed E-state index contributed by atoms with van der Waals surface area (Å²) < 4.78 is 0. The van der Waals surface area contributed by atoms with E-state index < -0.39 is 29.9 Å². The second-order valence-corrected chi connectivity index (χ2v) is 8.84. The van der Waals surface area contributed by atoms with Gasteiger partial charge in [-0.15, -0.1) is 0 Å². The summed E-state index contributed by atoms with van der Waals surface area (Å²) in [5, 5.41) is 10.5. The Hall–Kier alpha value is -3.38. The van der Waals surface area contributed by atoms with Crippen LogP contribution < -0.4 is 27.0 Å². The normalized spacial score (nSPS) is 14.5. The van der Waals surface area contributed by atoms with Crippen molar-refractivity contribution < 1.29 is 28.8 Å². The van der Waals surface area contributed by atoms with Crippen molar-refractivity contribution in [2.45, 2.75) is 70.8 Å². The molecule has 1 heterocycles. The Labute approximate surface area is 212 Å². The van der Waals surface area contributed by atoms with Gasteiger partial charge in [0.2, 0.25) is 17.7 Å². The first kappa shape index (κ1) is 30.7. The number of amides is 7.